The molecule has 0 spiro atoms. The number of ether oxygens (including phenoxy) is 1. The van der Waals surface area contributed by atoms with Crippen LogP contribution in [0.25, 0.3) is 0 Å². The summed E-state index contributed by atoms with van der Waals surface area (Å²) in [6.07, 6.45) is 0.336. The van der Waals surface area contributed by atoms with Crippen molar-refractivity contribution in [3.05, 3.63) is 23.2 Å². The molecule has 0 aliphatic carbocycles. The van der Waals surface area contributed by atoms with Gasteiger partial charge in [0.15, 0.2) is 0 Å². The standard InChI is InChI=1S/C17H22N2O5/c1-6-17(16(22)23-5)12-11(14(20)19(4)15(12)21)13(18-17)10-7-8(2)9(3)24-10/h7,11-13,18H,6H2,1-5H3/t11-,12-,13-,17-/m1/s1. The summed E-state index contributed by atoms with van der Waals surface area (Å²) in [5.41, 5.74) is -0.267. The number of nitrogens with zero attached hydrogens (tertiary/aromatic N) is 1. The van der Waals surface area contributed by atoms with Crippen molar-refractivity contribution >= 4 is 17.8 Å². The number of hydrogen-bond acceptors (Lipinski definition) is 6. The molecule has 2 aliphatic heterocycles. The zero-order valence-corrected chi connectivity index (χ0v) is 14.5. The van der Waals surface area contributed by atoms with Crippen molar-refractivity contribution in [1.82, 2.24) is 10.2 Å². The second-order valence-corrected chi connectivity index (χ2v) is 6.57. The average molecular weight is 334 g/mol. The molecule has 130 valence electrons. The average Bonchev–Trinajstić information content (AvgIpc) is 3.16. The molecule has 24 heavy (non-hydrogen) atoms. The number of hydrogen-bond donors (Lipinski definition) is 1. The molecule has 4 atom stereocenters. The third kappa shape index (κ3) is 1.97. The fourth-order valence-electron chi connectivity index (χ4n) is 3.98. The van der Waals surface area contributed by atoms with Gasteiger partial charge in [-0.15, -0.1) is 0 Å². The molecular weight excluding hydrogens is 312 g/mol. The second kappa shape index (κ2) is 5.44. The van der Waals surface area contributed by atoms with Crippen molar-refractivity contribution in [2.75, 3.05) is 14.2 Å². The summed E-state index contributed by atoms with van der Waals surface area (Å²) in [5, 5.41) is 3.21. The first-order valence-corrected chi connectivity index (χ1v) is 8.03. The van der Waals surface area contributed by atoms with Crippen LogP contribution in [0.4, 0.5) is 0 Å². The number of furan rings is 1. The number of carbonyl (C=O) groups is 3. The zero-order valence-electron chi connectivity index (χ0n) is 14.5. The Hall–Kier alpha value is -2.15. The monoisotopic (exact) mass is 334 g/mol. The van der Waals surface area contributed by atoms with Gasteiger partial charge in [-0.2, -0.15) is 0 Å². The highest BCUT2D eigenvalue weighted by Gasteiger charge is 2.68. The van der Waals surface area contributed by atoms with Crippen LogP contribution in [0.1, 0.15) is 36.5 Å². The smallest absolute Gasteiger partial charge is 0.326 e. The molecular formula is C17H22N2O5. The summed E-state index contributed by atoms with van der Waals surface area (Å²) in [6.45, 7) is 5.56. The Morgan fingerprint density at radius 2 is 2.04 bits per heavy atom. The number of esters is 1. The van der Waals surface area contributed by atoms with E-state index in [0.717, 1.165) is 16.2 Å². The molecule has 0 unspecified atom stereocenters. The second-order valence-electron chi connectivity index (χ2n) is 6.57. The fourth-order valence-corrected chi connectivity index (χ4v) is 3.98. The Morgan fingerprint density at radius 1 is 1.38 bits per heavy atom. The molecule has 7 heteroatoms. The molecule has 2 aliphatic rings. The number of nitrogens with one attached hydrogen (secondary N) is 1. The molecule has 0 saturated carbocycles. The lowest BCUT2D eigenvalue weighted by atomic mass is 9.78. The molecule has 7 nitrogen and oxygen atoms in total. The molecule has 1 aromatic rings. The van der Waals surface area contributed by atoms with Crippen molar-refractivity contribution in [2.45, 2.75) is 38.8 Å². The van der Waals surface area contributed by atoms with Crippen LogP contribution >= 0.6 is 0 Å². The van der Waals surface area contributed by atoms with E-state index in [0.29, 0.717) is 12.2 Å². The van der Waals surface area contributed by atoms with Crippen LogP contribution < -0.4 is 5.32 Å². The van der Waals surface area contributed by atoms with Crippen molar-refractivity contribution in [2.24, 2.45) is 11.8 Å². The van der Waals surface area contributed by atoms with Gasteiger partial charge in [0.2, 0.25) is 11.8 Å². The Labute approximate surface area is 140 Å². The van der Waals surface area contributed by atoms with E-state index in [-0.39, 0.29) is 11.8 Å². The number of aryl methyl sites for hydroxylation is 2. The van der Waals surface area contributed by atoms with E-state index in [2.05, 4.69) is 5.32 Å². The molecule has 0 bridgehead atoms. The summed E-state index contributed by atoms with van der Waals surface area (Å²) in [7, 11) is 2.74. The van der Waals surface area contributed by atoms with Gasteiger partial charge >= 0.3 is 5.97 Å². The first-order chi connectivity index (χ1) is 11.3. The van der Waals surface area contributed by atoms with Gasteiger partial charge in [-0.1, -0.05) is 6.92 Å². The van der Waals surface area contributed by atoms with Gasteiger partial charge in [-0.05, 0) is 31.9 Å². The molecule has 3 rings (SSSR count). The Morgan fingerprint density at radius 3 is 2.54 bits per heavy atom. The minimum absolute atomic E-state index is 0.298. The number of carbonyl (C=O) groups excluding carboxylic acids is 3. The van der Waals surface area contributed by atoms with E-state index in [9.17, 15) is 14.4 Å². The lowest BCUT2D eigenvalue weighted by molar-refractivity contribution is -0.154. The zero-order chi connectivity index (χ0) is 17.8. The summed E-state index contributed by atoms with van der Waals surface area (Å²) in [5.74, 6) is -1.33. The summed E-state index contributed by atoms with van der Waals surface area (Å²) in [6, 6.07) is 1.31. The summed E-state index contributed by atoms with van der Waals surface area (Å²) >= 11 is 0. The quantitative estimate of drug-likeness (QED) is 0.658. The van der Waals surface area contributed by atoms with E-state index in [1.165, 1.54) is 14.2 Å². The van der Waals surface area contributed by atoms with Crippen molar-refractivity contribution < 1.29 is 23.5 Å². The van der Waals surface area contributed by atoms with Gasteiger partial charge in [0, 0.05) is 7.05 Å². The molecule has 2 saturated heterocycles. The van der Waals surface area contributed by atoms with Gasteiger partial charge in [-0.3, -0.25) is 24.6 Å². The molecule has 2 amide bonds. The topological polar surface area (TPSA) is 88.8 Å². The van der Waals surface area contributed by atoms with Crippen LogP contribution in [-0.4, -0.2) is 42.4 Å². The van der Waals surface area contributed by atoms with E-state index in [1.807, 2.05) is 19.9 Å². The van der Waals surface area contributed by atoms with Gasteiger partial charge in [-0.25, -0.2) is 0 Å². The maximum atomic E-state index is 12.7. The van der Waals surface area contributed by atoms with E-state index < -0.39 is 29.4 Å². The van der Waals surface area contributed by atoms with Crippen molar-refractivity contribution in [3.63, 3.8) is 0 Å². The summed E-state index contributed by atoms with van der Waals surface area (Å²) < 4.78 is 10.7. The van der Waals surface area contributed by atoms with E-state index in [1.54, 1.807) is 6.92 Å². The predicted octanol–water partition coefficient (Wildman–Crippen LogP) is 1.09. The number of amides is 2. The van der Waals surface area contributed by atoms with Gasteiger partial charge in [0.25, 0.3) is 0 Å². The Bertz CT molecular complexity index is 705. The van der Waals surface area contributed by atoms with E-state index >= 15 is 0 Å². The first-order valence-electron chi connectivity index (χ1n) is 8.03. The minimum atomic E-state index is -1.23. The minimum Gasteiger partial charge on any atom is -0.468 e. The largest absolute Gasteiger partial charge is 0.468 e. The van der Waals surface area contributed by atoms with Crippen molar-refractivity contribution in [1.29, 1.82) is 0 Å². The summed E-state index contributed by atoms with van der Waals surface area (Å²) in [4.78, 5) is 39.0. The molecule has 1 aromatic heterocycles. The lowest BCUT2D eigenvalue weighted by Crippen LogP contribution is -2.55. The normalized spacial score (nSPS) is 32.4. The fraction of sp³-hybridized carbons (Fsp3) is 0.588. The first kappa shape index (κ1) is 16.7. The molecule has 0 aromatic carbocycles. The van der Waals surface area contributed by atoms with Crippen LogP contribution in [-0.2, 0) is 19.1 Å². The van der Waals surface area contributed by atoms with Gasteiger partial charge < -0.3 is 9.15 Å². The highest BCUT2D eigenvalue weighted by Crippen LogP contribution is 2.50. The van der Waals surface area contributed by atoms with E-state index in [4.69, 9.17) is 9.15 Å². The molecule has 3 heterocycles. The van der Waals surface area contributed by atoms with Crippen LogP contribution in [0.15, 0.2) is 10.5 Å². The highest BCUT2D eigenvalue weighted by molar-refractivity contribution is 6.09. The number of fused-ring (bicyclic) bond motifs is 1. The maximum absolute atomic E-state index is 12.7. The van der Waals surface area contributed by atoms with Gasteiger partial charge in [0.05, 0.1) is 25.0 Å². The van der Waals surface area contributed by atoms with Crippen LogP contribution in [0, 0.1) is 25.7 Å². The molecule has 0 radical (unpaired) electrons. The molecule has 2 fully saturated rings. The SMILES string of the molecule is CC[C@@]1(C(=O)OC)N[C@H](c2cc(C)c(C)o2)[C@@H]2C(=O)N(C)C(=O)[C@@H]21. The van der Waals surface area contributed by atoms with Crippen LogP contribution in [0.3, 0.4) is 0 Å². The highest BCUT2D eigenvalue weighted by atomic mass is 16.5. The third-order valence-corrected chi connectivity index (χ3v) is 5.47. The number of imide groups is 1. The van der Waals surface area contributed by atoms with Crippen LogP contribution in [0.5, 0.6) is 0 Å². The number of likely N-dealkylation sites (tertiary alicyclic amines) is 1. The maximum Gasteiger partial charge on any atom is 0.326 e. The number of methoxy groups -OCH3 is 1. The van der Waals surface area contributed by atoms with Crippen molar-refractivity contribution in [3.8, 4) is 0 Å². The third-order valence-electron chi connectivity index (χ3n) is 5.47. The van der Waals surface area contributed by atoms with Crippen LogP contribution in [0.2, 0.25) is 0 Å². The Balaban J connectivity index is 2.14. The Kier molecular flexibility index (Phi) is 3.79. The molecule has 1 N–H and O–H groups in total. The lowest BCUT2D eigenvalue weighted by Gasteiger charge is -2.30. The number of rotatable bonds is 3. The predicted molar refractivity (Wildman–Crippen MR) is 83.9 cm³/mol. The van der Waals surface area contributed by atoms with Gasteiger partial charge in [0.1, 0.15) is 17.1 Å².